The Kier molecular flexibility index (Phi) is 2.60. The molecule has 2 aliphatic rings. The summed E-state index contributed by atoms with van der Waals surface area (Å²) in [6.45, 7) is 1.63. The third-order valence-electron chi connectivity index (χ3n) is 4.30. The van der Waals surface area contributed by atoms with Crippen molar-refractivity contribution in [2.45, 2.75) is 30.8 Å². The first-order valence-corrected chi connectivity index (χ1v) is 6.32. The second kappa shape index (κ2) is 4.00. The van der Waals surface area contributed by atoms with Crippen molar-refractivity contribution in [3.8, 4) is 5.75 Å². The average molecular weight is 233 g/mol. The van der Waals surface area contributed by atoms with Gasteiger partial charge in [0.1, 0.15) is 5.75 Å². The monoisotopic (exact) mass is 233 g/mol. The first kappa shape index (κ1) is 11.1. The zero-order chi connectivity index (χ0) is 11.9. The normalized spacial score (nSPS) is 25.9. The van der Waals surface area contributed by atoms with Gasteiger partial charge in [0.15, 0.2) is 0 Å². The standard InChI is InChI=1S/C14H19NO2/c1-17-10-3-4-11-12(7-10)14(5-2-6-14)9-15-8-13(11)16/h3-4,7,13,15-16H,2,5-6,8-9H2,1H3. The third-order valence-corrected chi connectivity index (χ3v) is 4.30. The number of benzene rings is 1. The number of aliphatic hydroxyl groups is 1. The summed E-state index contributed by atoms with van der Waals surface area (Å²) < 4.78 is 5.32. The molecule has 17 heavy (non-hydrogen) atoms. The van der Waals surface area contributed by atoms with Crippen LogP contribution in [0.15, 0.2) is 18.2 Å². The predicted molar refractivity (Wildman–Crippen MR) is 66.4 cm³/mol. The lowest BCUT2D eigenvalue weighted by atomic mass is 9.63. The summed E-state index contributed by atoms with van der Waals surface area (Å²) in [5.74, 6) is 0.893. The molecule has 1 atom stereocenters. The molecule has 1 aliphatic heterocycles. The fourth-order valence-electron chi connectivity index (χ4n) is 3.12. The molecular formula is C14H19NO2. The van der Waals surface area contributed by atoms with E-state index in [1.807, 2.05) is 12.1 Å². The molecule has 1 spiro atoms. The Balaban J connectivity index is 2.11. The minimum atomic E-state index is -0.393. The summed E-state index contributed by atoms with van der Waals surface area (Å²) in [7, 11) is 1.69. The van der Waals surface area contributed by atoms with Gasteiger partial charge in [0.2, 0.25) is 0 Å². The van der Waals surface area contributed by atoms with E-state index in [-0.39, 0.29) is 5.41 Å². The molecule has 3 heteroatoms. The molecule has 0 saturated heterocycles. The van der Waals surface area contributed by atoms with Crippen molar-refractivity contribution >= 4 is 0 Å². The van der Waals surface area contributed by atoms with Gasteiger partial charge in [0.25, 0.3) is 0 Å². The van der Waals surface area contributed by atoms with Crippen LogP contribution in [-0.2, 0) is 5.41 Å². The molecular weight excluding hydrogens is 214 g/mol. The zero-order valence-electron chi connectivity index (χ0n) is 10.2. The fraction of sp³-hybridized carbons (Fsp3) is 0.571. The van der Waals surface area contributed by atoms with E-state index in [4.69, 9.17) is 4.74 Å². The molecule has 1 unspecified atom stereocenters. The molecule has 92 valence electrons. The Hall–Kier alpha value is -1.06. The lowest BCUT2D eigenvalue weighted by Crippen LogP contribution is -2.42. The molecule has 3 nitrogen and oxygen atoms in total. The molecule has 0 amide bonds. The fourth-order valence-corrected chi connectivity index (χ4v) is 3.12. The van der Waals surface area contributed by atoms with Crippen molar-refractivity contribution in [1.29, 1.82) is 0 Å². The van der Waals surface area contributed by atoms with Gasteiger partial charge in [-0.2, -0.15) is 0 Å². The van der Waals surface area contributed by atoms with Crippen molar-refractivity contribution in [3.05, 3.63) is 29.3 Å². The molecule has 3 rings (SSSR count). The van der Waals surface area contributed by atoms with E-state index in [9.17, 15) is 5.11 Å². The number of aliphatic hydroxyl groups excluding tert-OH is 1. The maximum Gasteiger partial charge on any atom is 0.119 e. The maximum absolute atomic E-state index is 10.2. The second-order valence-corrected chi connectivity index (χ2v) is 5.23. The van der Waals surface area contributed by atoms with Crippen LogP contribution in [-0.4, -0.2) is 25.3 Å². The molecule has 0 bridgehead atoms. The molecule has 1 saturated carbocycles. The third kappa shape index (κ3) is 1.65. The Bertz CT molecular complexity index is 426. The van der Waals surface area contributed by atoms with E-state index in [2.05, 4.69) is 11.4 Å². The van der Waals surface area contributed by atoms with Gasteiger partial charge in [0, 0.05) is 18.5 Å². The van der Waals surface area contributed by atoms with Gasteiger partial charge in [-0.3, -0.25) is 0 Å². The van der Waals surface area contributed by atoms with Gasteiger partial charge >= 0.3 is 0 Å². The molecule has 1 aromatic rings. The summed E-state index contributed by atoms with van der Waals surface area (Å²) >= 11 is 0. The topological polar surface area (TPSA) is 41.5 Å². The smallest absolute Gasteiger partial charge is 0.119 e. The Labute approximate surface area is 102 Å². The van der Waals surface area contributed by atoms with Gasteiger partial charge in [0.05, 0.1) is 13.2 Å². The maximum atomic E-state index is 10.2. The zero-order valence-corrected chi connectivity index (χ0v) is 10.2. The van der Waals surface area contributed by atoms with Gasteiger partial charge in [-0.05, 0) is 36.1 Å². The lowest BCUT2D eigenvalue weighted by Gasteiger charge is -2.42. The van der Waals surface area contributed by atoms with Crippen LogP contribution >= 0.6 is 0 Å². The minimum Gasteiger partial charge on any atom is -0.497 e. The first-order valence-electron chi connectivity index (χ1n) is 6.32. The van der Waals surface area contributed by atoms with Crippen LogP contribution < -0.4 is 10.1 Å². The van der Waals surface area contributed by atoms with E-state index >= 15 is 0 Å². The van der Waals surface area contributed by atoms with E-state index < -0.39 is 6.10 Å². The summed E-state index contributed by atoms with van der Waals surface area (Å²) in [6, 6.07) is 6.08. The van der Waals surface area contributed by atoms with Crippen molar-refractivity contribution in [3.63, 3.8) is 0 Å². The second-order valence-electron chi connectivity index (χ2n) is 5.23. The van der Waals surface area contributed by atoms with Crippen LogP contribution in [0.5, 0.6) is 5.75 Å². The highest BCUT2D eigenvalue weighted by Crippen LogP contribution is 2.47. The molecule has 1 heterocycles. The van der Waals surface area contributed by atoms with E-state index in [1.54, 1.807) is 7.11 Å². The number of nitrogens with one attached hydrogen (secondary N) is 1. The number of hydrogen-bond acceptors (Lipinski definition) is 3. The van der Waals surface area contributed by atoms with Gasteiger partial charge in [-0.25, -0.2) is 0 Å². The molecule has 1 aromatic carbocycles. The minimum absolute atomic E-state index is 0.237. The van der Waals surface area contributed by atoms with Crippen LogP contribution in [0.2, 0.25) is 0 Å². The largest absolute Gasteiger partial charge is 0.497 e. The highest BCUT2D eigenvalue weighted by atomic mass is 16.5. The van der Waals surface area contributed by atoms with Crippen LogP contribution in [0.3, 0.4) is 0 Å². The van der Waals surface area contributed by atoms with Gasteiger partial charge in [-0.15, -0.1) is 0 Å². The summed E-state index contributed by atoms with van der Waals surface area (Å²) in [5.41, 5.74) is 2.61. The van der Waals surface area contributed by atoms with Crippen LogP contribution in [0.25, 0.3) is 0 Å². The molecule has 0 radical (unpaired) electrons. The van der Waals surface area contributed by atoms with E-state index in [1.165, 1.54) is 24.8 Å². The lowest BCUT2D eigenvalue weighted by molar-refractivity contribution is 0.176. The number of fused-ring (bicyclic) bond motifs is 2. The van der Waals surface area contributed by atoms with Crippen molar-refractivity contribution in [2.24, 2.45) is 0 Å². The average Bonchev–Trinajstić information content (AvgIpc) is 2.45. The first-order chi connectivity index (χ1) is 8.25. The Morgan fingerprint density at radius 2 is 2.24 bits per heavy atom. The Morgan fingerprint density at radius 1 is 1.41 bits per heavy atom. The number of methoxy groups -OCH3 is 1. The van der Waals surface area contributed by atoms with Crippen molar-refractivity contribution in [2.75, 3.05) is 20.2 Å². The van der Waals surface area contributed by atoms with Crippen molar-refractivity contribution in [1.82, 2.24) is 5.32 Å². The molecule has 0 aromatic heterocycles. The summed E-state index contributed by atoms with van der Waals surface area (Å²) in [5, 5.41) is 13.5. The number of β-amino-alcohol motifs (C(OH)–C–C–N with tert-alkyl or cyclic N) is 1. The van der Waals surface area contributed by atoms with E-state index in [0.29, 0.717) is 6.54 Å². The molecule has 2 N–H and O–H groups in total. The SMILES string of the molecule is COc1ccc2c(c1)C1(CCC1)CNCC2O. The van der Waals surface area contributed by atoms with Crippen molar-refractivity contribution < 1.29 is 9.84 Å². The molecule has 1 aliphatic carbocycles. The quantitative estimate of drug-likeness (QED) is 0.776. The number of ether oxygens (including phenoxy) is 1. The highest BCUT2D eigenvalue weighted by molar-refractivity contribution is 5.44. The van der Waals surface area contributed by atoms with Gasteiger partial charge in [-0.1, -0.05) is 12.5 Å². The number of rotatable bonds is 1. The van der Waals surface area contributed by atoms with Crippen LogP contribution in [0.4, 0.5) is 0 Å². The summed E-state index contributed by atoms with van der Waals surface area (Å²) in [4.78, 5) is 0. The van der Waals surface area contributed by atoms with E-state index in [0.717, 1.165) is 17.9 Å². The summed E-state index contributed by atoms with van der Waals surface area (Å²) in [6.07, 6.45) is 3.32. The Morgan fingerprint density at radius 3 is 2.88 bits per heavy atom. The van der Waals surface area contributed by atoms with Gasteiger partial charge < -0.3 is 15.2 Å². The molecule has 1 fully saturated rings. The van der Waals surface area contributed by atoms with Crippen LogP contribution in [0.1, 0.15) is 36.5 Å². The highest BCUT2D eigenvalue weighted by Gasteiger charge is 2.42. The van der Waals surface area contributed by atoms with Crippen LogP contribution in [0, 0.1) is 0 Å². The number of hydrogen-bond donors (Lipinski definition) is 2. The predicted octanol–water partition coefficient (Wildman–Crippen LogP) is 1.75.